The van der Waals surface area contributed by atoms with Gasteiger partial charge in [0, 0.05) is 26.2 Å². The van der Waals surface area contributed by atoms with E-state index in [9.17, 15) is 13.2 Å². The van der Waals surface area contributed by atoms with Gasteiger partial charge in [-0.3, -0.25) is 4.79 Å². The van der Waals surface area contributed by atoms with Crippen LogP contribution in [0.25, 0.3) is 0 Å². The summed E-state index contributed by atoms with van der Waals surface area (Å²) in [7, 11) is -3.49. The summed E-state index contributed by atoms with van der Waals surface area (Å²) in [5, 5.41) is 9.08. The van der Waals surface area contributed by atoms with E-state index in [1.165, 1.54) is 4.31 Å². The fourth-order valence-corrected chi connectivity index (χ4v) is 4.73. The van der Waals surface area contributed by atoms with Crippen molar-refractivity contribution in [1.29, 1.82) is 0 Å². The van der Waals surface area contributed by atoms with Crippen LogP contribution in [0.15, 0.2) is 0 Å². The lowest BCUT2D eigenvalue weighted by atomic mass is 10.0. The normalized spacial score (nSPS) is 30.9. The van der Waals surface area contributed by atoms with Crippen molar-refractivity contribution in [2.45, 2.75) is 39.0 Å². The Morgan fingerprint density at radius 3 is 2.40 bits per heavy atom. The molecule has 2 aliphatic heterocycles. The Kier molecular flexibility index (Phi) is 5.04. The number of aliphatic carboxylic acids is 1. The molecule has 0 amide bonds. The van der Waals surface area contributed by atoms with Crippen LogP contribution in [0.3, 0.4) is 0 Å². The van der Waals surface area contributed by atoms with Gasteiger partial charge in [-0.15, -0.1) is 0 Å². The molecule has 2 rings (SSSR count). The molecule has 2 atom stereocenters. The van der Waals surface area contributed by atoms with Gasteiger partial charge < -0.3 is 5.11 Å². The molecule has 0 aromatic carbocycles. The van der Waals surface area contributed by atoms with Gasteiger partial charge in [0.05, 0.1) is 5.92 Å². The number of piperidine rings is 1. The van der Waals surface area contributed by atoms with Crippen molar-refractivity contribution in [3.8, 4) is 0 Å². The Labute approximate surface area is 120 Å². The summed E-state index contributed by atoms with van der Waals surface area (Å²) in [5.74, 6) is -0.901. The molecular weight excluding hydrogens is 280 g/mol. The largest absolute Gasteiger partial charge is 0.481 e. The molecule has 6 nitrogen and oxygen atoms in total. The zero-order valence-corrected chi connectivity index (χ0v) is 12.8. The van der Waals surface area contributed by atoms with Crippen LogP contribution in [0.2, 0.25) is 0 Å². The van der Waals surface area contributed by atoms with Gasteiger partial charge in [-0.1, -0.05) is 6.92 Å². The summed E-state index contributed by atoms with van der Waals surface area (Å²) in [6.45, 7) is 3.82. The Morgan fingerprint density at radius 1 is 1.05 bits per heavy atom. The van der Waals surface area contributed by atoms with Crippen molar-refractivity contribution in [3.63, 3.8) is 0 Å². The van der Waals surface area contributed by atoms with Crippen LogP contribution in [-0.4, -0.2) is 54.3 Å². The maximum Gasteiger partial charge on any atom is 0.307 e. The van der Waals surface area contributed by atoms with Crippen molar-refractivity contribution >= 4 is 16.2 Å². The van der Waals surface area contributed by atoms with E-state index in [1.807, 2.05) is 0 Å². The molecule has 0 spiro atoms. The van der Waals surface area contributed by atoms with Crippen molar-refractivity contribution < 1.29 is 18.3 Å². The average molecular weight is 304 g/mol. The number of carbonyl (C=O) groups is 1. The topological polar surface area (TPSA) is 77.9 Å². The molecule has 20 heavy (non-hydrogen) atoms. The summed E-state index contributed by atoms with van der Waals surface area (Å²) in [4.78, 5) is 11.1. The average Bonchev–Trinajstić information content (AvgIpc) is 2.64. The monoisotopic (exact) mass is 304 g/mol. The van der Waals surface area contributed by atoms with Crippen LogP contribution in [0.4, 0.5) is 0 Å². The Balaban J connectivity index is 2.07. The summed E-state index contributed by atoms with van der Waals surface area (Å²) in [6.07, 6.45) is 4.02. The zero-order chi connectivity index (χ0) is 14.8. The molecule has 2 unspecified atom stereocenters. The molecular formula is C13H24N2O4S. The third-order valence-electron chi connectivity index (χ3n) is 4.36. The van der Waals surface area contributed by atoms with Gasteiger partial charge in [0.15, 0.2) is 0 Å². The van der Waals surface area contributed by atoms with Gasteiger partial charge in [0.25, 0.3) is 10.2 Å². The highest BCUT2D eigenvalue weighted by Crippen LogP contribution is 2.24. The summed E-state index contributed by atoms with van der Waals surface area (Å²) in [5.41, 5.74) is 0. The highest BCUT2D eigenvalue weighted by molar-refractivity contribution is 7.86. The molecule has 0 aliphatic carbocycles. The number of rotatable bonds is 3. The molecule has 7 heteroatoms. The molecule has 2 heterocycles. The Morgan fingerprint density at radius 2 is 1.70 bits per heavy atom. The molecule has 0 saturated carbocycles. The van der Waals surface area contributed by atoms with Crippen LogP contribution < -0.4 is 0 Å². The molecule has 1 N–H and O–H groups in total. The first-order chi connectivity index (χ1) is 9.41. The van der Waals surface area contributed by atoms with Gasteiger partial charge in [-0.25, -0.2) is 0 Å². The van der Waals surface area contributed by atoms with Crippen LogP contribution in [0.5, 0.6) is 0 Å². The molecule has 0 bridgehead atoms. The molecule has 2 fully saturated rings. The first-order valence-corrected chi connectivity index (χ1v) is 8.79. The standard InChI is InChI=1S/C13H24N2O4S/c1-11-4-2-7-14(9-6-11)20(18,19)15-8-3-5-12(10-15)13(16)17/h11-12H,2-10H2,1H3,(H,16,17). The smallest absolute Gasteiger partial charge is 0.307 e. The van der Waals surface area contributed by atoms with Crippen molar-refractivity contribution in [1.82, 2.24) is 8.61 Å². The van der Waals surface area contributed by atoms with E-state index >= 15 is 0 Å². The zero-order valence-electron chi connectivity index (χ0n) is 12.0. The van der Waals surface area contributed by atoms with Gasteiger partial charge >= 0.3 is 5.97 Å². The van der Waals surface area contributed by atoms with E-state index in [-0.39, 0.29) is 6.54 Å². The van der Waals surface area contributed by atoms with E-state index in [4.69, 9.17) is 5.11 Å². The van der Waals surface area contributed by atoms with Crippen LogP contribution in [0.1, 0.15) is 39.0 Å². The van der Waals surface area contributed by atoms with Crippen LogP contribution in [0, 0.1) is 11.8 Å². The number of hydrogen-bond acceptors (Lipinski definition) is 3. The van der Waals surface area contributed by atoms with Gasteiger partial charge in [-0.05, 0) is 38.0 Å². The summed E-state index contributed by atoms with van der Waals surface area (Å²) in [6, 6.07) is 0. The Bertz CT molecular complexity index is 451. The van der Waals surface area contributed by atoms with E-state index in [2.05, 4.69) is 6.92 Å². The van der Waals surface area contributed by atoms with Gasteiger partial charge in [-0.2, -0.15) is 17.0 Å². The molecule has 0 radical (unpaired) electrons. The minimum absolute atomic E-state index is 0.115. The van der Waals surface area contributed by atoms with Gasteiger partial charge in [0.2, 0.25) is 0 Å². The quantitative estimate of drug-likeness (QED) is 0.848. The lowest BCUT2D eigenvalue weighted by Crippen LogP contribution is -2.49. The first-order valence-electron chi connectivity index (χ1n) is 7.39. The predicted molar refractivity (Wildman–Crippen MR) is 75.4 cm³/mol. The fraction of sp³-hybridized carbons (Fsp3) is 0.923. The first kappa shape index (κ1) is 15.7. The minimum Gasteiger partial charge on any atom is -0.481 e. The maximum absolute atomic E-state index is 12.6. The molecule has 0 aromatic rings. The van der Waals surface area contributed by atoms with E-state index in [0.717, 1.165) is 19.3 Å². The van der Waals surface area contributed by atoms with E-state index in [1.54, 1.807) is 4.31 Å². The molecule has 116 valence electrons. The lowest BCUT2D eigenvalue weighted by molar-refractivity contribution is -0.142. The second kappa shape index (κ2) is 6.41. The Hall–Kier alpha value is -0.660. The second-order valence-corrected chi connectivity index (χ2v) is 7.91. The molecule has 2 aliphatic rings. The summed E-state index contributed by atoms with van der Waals surface area (Å²) < 4.78 is 28.2. The maximum atomic E-state index is 12.6. The van der Waals surface area contributed by atoms with Crippen molar-refractivity contribution in [2.75, 3.05) is 26.2 Å². The fourth-order valence-electron chi connectivity index (χ4n) is 2.98. The van der Waals surface area contributed by atoms with E-state index in [0.29, 0.717) is 38.4 Å². The molecule has 0 aromatic heterocycles. The van der Waals surface area contributed by atoms with Crippen LogP contribution in [-0.2, 0) is 15.0 Å². The lowest BCUT2D eigenvalue weighted by Gasteiger charge is -2.33. The number of hydrogen-bond donors (Lipinski definition) is 1. The summed E-state index contributed by atoms with van der Waals surface area (Å²) >= 11 is 0. The highest BCUT2D eigenvalue weighted by atomic mass is 32.2. The van der Waals surface area contributed by atoms with Crippen LogP contribution >= 0.6 is 0 Å². The molecule has 2 saturated heterocycles. The minimum atomic E-state index is -3.49. The van der Waals surface area contributed by atoms with Crippen molar-refractivity contribution in [3.05, 3.63) is 0 Å². The third kappa shape index (κ3) is 3.51. The number of nitrogens with zero attached hydrogens (tertiary/aromatic N) is 2. The van der Waals surface area contributed by atoms with Gasteiger partial charge in [0.1, 0.15) is 0 Å². The predicted octanol–water partition coefficient (Wildman–Crippen LogP) is 1.15. The number of carboxylic acids is 1. The SMILES string of the molecule is CC1CCCN(S(=O)(=O)N2CCCC(C(=O)O)C2)CC1. The third-order valence-corrected chi connectivity index (χ3v) is 6.36. The highest BCUT2D eigenvalue weighted by Gasteiger charge is 2.36. The number of carboxylic acid groups (broad SMARTS) is 1. The second-order valence-electron chi connectivity index (χ2n) is 5.98. The van der Waals surface area contributed by atoms with Crippen molar-refractivity contribution in [2.24, 2.45) is 11.8 Å². The van der Waals surface area contributed by atoms with E-state index < -0.39 is 22.1 Å².